The van der Waals surface area contributed by atoms with Crippen molar-refractivity contribution in [1.29, 1.82) is 0 Å². The zero-order chi connectivity index (χ0) is 16.2. The molecule has 1 fully saturated rings. The molecule has 0 spiro atoms. The van der Waals surface area contributed by atoms with E-state index in [-0.39, 0.29) is 11.8 Å². The predicted octanol–water partition coefficient (Wildman–Crippen LogP) is 2.28. The normalized spacial score (nSPS) is 14.3. The van der Waals surface area contributed by atoms with Crippen molar-refractivity contribution in [2.75, 3.05) is 22.5 Å². The van der Waals surface area contributed by atoms with E-state index in [0.717, 1.165) is 29.5 Å². The molecule has 1 aromatic heterocycles. The fourth-order valence-corrected chi connectivity index (χ4v) is 3.20. The lowest BCUT2D eigenvalue weighted by molar-refractivity contribution is -0.117. The number of benzene rings is 1. The predicted molar refractivity (Wildman–Crippen MR) is 90.6 cm³/mol. The van der Waals surface area contributed by atoms with Crippen molar-refractivity contribution >= 4 is 35.0 Å². The molecule has 1 N–H and O–H groups in total. The Bertz CT molecular complexity index is 711. The molecular weight excluding hydrogens is 312 g/mol. The van der Waals surface area contributed by atoms with Gasteiger partial charge in [-0.25, -0.2) is 4.98 Å². The van der Waals surface area contributed by atoms with Gasteiger partial charge in [0, 0.05) is 43.8 Å². The number of hydrogen-bond donors (Lipinski definition) is 1. The van der Waals surface area contributed by atoms with Gasteiger partial charge in [0.2, 0.25) is 11.8 Å². The first-order chi connectivity index (χ1) is 11.1. The van der Waals surface area contributed by atoms with Gasteiger partial charge in [0.1, 0.15) is 0 Å². The van der Waals surface area contributed by atoms with Crippen LogP contribution in [-0.2, 0) is 16.6 Å². The van der Waals surface area contributed by atoms with Gasteiger partial charge in [0.25, 0.3) is 0 Å². The largest absolute Gasteiger partial charge is 0.329 e. The first kappa shape index (κ1) is 15.6. The Morgan fingerprint density at radius 3 is 2.74 bits per heavy atom. The summed E-state index contributed by atoms with van der Waals surface area (Å²) in [5, 5.41) is 3.66. The number of thioether (sulfide) groups is 1. The molecule has 2 amide bonds. The molecule has 2 aromatic rings. The molecule has 3 rings (SSSR count). The smallest absolute Gasteiger partial charge is 0.234 e. The van der Waals surface area contributed by atoms with Gasteiger partial charge in [-0.3, -0.25) is 9.59 Å². The lowest BCUT2D eigenvalue weighted by atomic mass is 10.2. The minimum Gasteiger partial charge on any atom is -0.329 e. The van der Waals surface area contributed by atoms with E-state index in [1.807, 2.05) is 42.1 Å². The minimum atomic E-state index is -0.0806. The molecule has 1 aliphatic rings. The van der Waals surface area contributed by atoms with Crippen LogP contribution < -0.4 is 10.2 Å². The molecule has 1 aliphatic heterocycles. The number of amides is 2. The van der Waals surface area contributed by atoms with Crippen molar-refractivity contribution < 1.29 is 9.59 Å². The van der Waals surface area contributed by atoms with Crippen LogP contribution >= 0.6 is 11.8 Å². The van der Waals surface area contributed by atoms with Crippen LogP contribution in [0.3, 0.4) is 0 Å². The van der Waals surface area contributed by atoms with Crippen LogP contribution in [0, 0.1) is 0 Å². The van der Waals surface area contributed by atoms with Crippen LogP contribution in [0.1, 0.15) is 12.8 Å². The van der Waals surface area contributed by atoms with Crippen LogP contribution in [0.25, 0.3) is 0 Å². The minimum absolute atomic E-state index is 0.0806. The number of nitrogens with zero attached hydrogens (tertiary/aromatic N) is 3. The Labute approximate surface area is 138 Å². The summed E-state index contributed by atoms with van der Waals surface area (Å²) in [6, 6.07) is 7.38. The molecule has 23 heavy (non-hydrogen) atoms. The van der Waals surface area contributed by atoms with E-state index in [9.17, 15) is 9.59 Å². The van der Waals surface area contributed by atoms with Crippen molar-refractivity contribution in [3.05, 3.63) is 36.7 Å². The number of carbonyl (C=O) groups is 2. The molecule has 2 heterocycles. The fraction of sp³-hybridized carbons (Fsp3) is 0.312. The molecule has 120 valence electrons. The Morgan fingerprint density at radius 1 is 1.35 bits per heavy atom. The number of carbonyl (C=O) groups excluding carboxylic acids is 2. The van der Waals surface area contributed by atoms with Gasteiger partial charge in [-0.15, -0.1) is 0 Å². The number of imidazole rings is 1. The van der Waals surface area contributed by atoms with Gasteiger partial charge in [-0.1, -0.05) is 11.8 Å². The van der Waals surface area contributed by atoms with Crippen LogP contribution in [0.5, 0.6) is 0 Å². The SMILES string of the molecule is Cn1ccnc1SCC(=O)Nc1ccc(N2CCCC2=O)cc1. The lowest BCUT2D eigenvalue weighted by Gasteiger charge is -2.16. The highest BCUT2D eigenvalue weighted by atomic mass is 32.2. The van der Waals surface area contributed by atoms with Crippen molar-refractivity contribution in [3.63, 3.8) is 0 Å². The monoisotopic (exact) mass is 330 g/mol. The molecule has 1 aromatic carbocycles. The Morgan fingerprint density at radius 2 is 2.13 bits per heavy atom. The Hall–Kier alpha value is -2.28. The summed E-state index contributed by atoms with van der Waals surface area (Å²) in [6.45, 7) is 0.769. The van der Waals surface area contributed by atoms with Crippen LogP contribution in [0.4, 0.5) is 11.4 Å². The van der Waals surface area contributed by atoms with Crippen molar-refractivity contribution in [2.24, 2.45) is 7.05 Å². The second kappa shape index (κ2) is 6.87. The summed E-state index contributed by atoms with van der Waals surface area (Å²) in [5.74, 6) is 0.383. The lowest BCUT2D eigenvalue weighted by Crippen LogP contribution is -2.23. The number of hydrogen-bond acceptors (Lipinski definition) is 4. The summed E-state index contributed by atoms with van der Waals surface area (Å²) in [4.78, 5) is 29.6. The second-order valence-corrected chi connectivity index (χ2v) is 6.30. The maximum absolute atomic E-state index is 12.0. The van der Waals surface area contributed by atoms with E-state index in [0.29, 0.717) is 12.2 Å². The molecule has 7 heteroatoms. The van der Waals surface area contributed by atoms with Gasteiger partial charge in [-0.2, -0.15) is 0 Å². The third kappa shape index (κ3) is 3.73. The fourth-order valence-electron chi connectivity index (χ4n) is 2.46. The van der Waals surface area contributed by atoms with Crippen LogP contribution in [0.2, 0.25) is 0 Å². The summed E-state index contributed by atoms with van der Waals surface area (Å²) in [6.07, 6.45) is 5.07. The molecule has 1 saturated heterocycles. The van der Waals surface area contributed by atoms with E-state index in [1.165, 1.54) is 11.8 Å². The number of rotatable bonds is 5. The van der Waals surface area contributed by atoms with Gasteiger partial charge in [0.05, 0.1) is 5.75 Å². The average Bonchev–Trinajstić information content (AvgIpc) is 3.14. The zero-order valence-corrected chi connectivity index (χ0v) is 13.7. The summed E-state index contributed by atoms with van der Waals surface area (Å²) in [7, 11) is 1.89. The zero-order valence-electron chi connectivity index (χ0n) is 12.9. The summed E-state index contributed by atoms with van der Waals surface area (Å²) < 4.78 is 1.87. The topological polar surface area (TPSA) is 67.2 Å². The van der Waals surface area contributed by atoms with E-state index in [4.69, 9.17) is 0 Å². The van der Waals surface area contributed by atoms with E-state index in [2.05, 4.69) is 10.3 Å². The third-order valence-corrected chi connectivity index (χ3v) is 4.70. The first-order valence-corrected chi connectivity index (χ1v) is 8.42. The molecule has 0 bridgehead atoms. The average molecular weight is 330 g/mol. The van der Waals surface area contributed by atoms with Gasteiger partial charge in [0.15, 0.2) is 5.16 Å². The molecular formula is C16H18N4O2S. The Kier molecular flexibility index (Phi) is 4.66. The van der Waals surface area contributed by atoms with Crippen LogP contribution in [0.15, 0.2) is 41.8 Å². The first-order valence-electron chi connectivity index (χ1n) is 7.44. The highest BCUT2D eigenvalue weighted by Gasteiger charge is 2.21. The molecule has 0 radical (unpaired) electrons. The Balaban J connectivity index is 1.54. The number of aromatic nitrogens is 2. The second-order valence-electron chi connectivity index (χ2n) is 5.35. The van der Waals surface area contributed by atoms with Crippen molar-refractivity contribution in [3.8, 4) is 0 Å². The van der Waals surface area contributed by atoms with Crippen molar-refractivity contribution in [1.82, 2.24) is 9.55 Å². The van der Waals surface area contributed by atoms with Crippen LogP contribution in [-0.4, -0.2) is 33.7 Å². The van der Waals surface area contributed by atoms with E-state index >= 15 is 0 Å². The third-order valence-electron chi connectivity index (χ3n) is 3.65. The van der Waals surface area contributed by atoms with E-state index < -0.39 is 0 Å². The number of nitrogens with one attached hydrogen (secondary N) is 1. The summed E-state index contributed by atoms with van der Waals surface area (Å²) in [5.41, 5.74) is 1.61. The standard InChI is InChI=1S/C16H18N4O2S/c1-19-10-8-17-16(19)23-11-14(21)18-12-4-6-13(7-5-12)20-9-2-3-15(20)22/h4-8,10H,2-3,9,11H2,1H3,(H,18,21). The molecule has 0 aliphatic carbocycles. The molecule has 0 unspecified atom stereocenters. The maximum Gasteiger partial charge on any atom is 0.234 e. The number of anilines is 2. The van der Waals surface area contributed by atoms with Gasteiger partial charge < -0.3 is 14.8 Å². The molecule has 0 atom stereocenters. The maximum atomic E-state index is 12.0. The van der Waals surface area contributed by atoms with Crippen molar-refractivity contribution in [2.45, 2.75) is 18.0 Å². The molecule has 0 saturated carbocycles. The van der Waals surface area contributed by atoms with Gasteiger partial charge >= 0.3 is 0 Å². The highest BCUT2D eigenvalue weighted by molar-refractivity contribution is 7.99. The van der Waals surface area contributed by atoms with Gasteiger partial charge in [-0.05, 0) is 30.7 Å². The van der Waals surface area contributed by atoms with E-state index in [1.54, 1.807) is 11.1 Å². The summed E-state index contributed by atoms with van der Waals surface area (Å²) >= 11 is 1.39. The highest BCUT2D eigenvalue weighted by Crippen LogP contribution is 2.23. The number of aryl methyl sites for hydroxylation is 1. The quantitative estimate of drug-likeness (QED) is 0.854. The molecule has 6 nitrogen and oxygen atoms in total.